The summed E-state index contributed by atoms with van der Waals surface area (Å²) in [5.41, 5.74) is -0.233. The van der Waals surface area contributed by atoms with E-state index in [0.29, 0.717) is 30.4 Å². The van der Waals surface area contributed by atoms with Gasteiger partial charge in [0.2, 0.25) is 0 Å². The van der Waals surface area contributed by atoms with Gasteiger partial charge in [-0.2, -0.15) is 0 Å². The number of piperidine rings is 1. The third-order valence-corrected chi connectivity index (χ3v) is 4.41. The van der Waals surface area contributed by atoms with Crippen LogP contribution in [0, 0.1) is 5.82 Å². The van der Waals surface area contributed by atoms with Crippen LogP contribution in [0.5, 0.6) is 6.01 Å². The molecule has 1 amide bonds. The van der Waals surface area contributed by atoms with E-state index in [9.17, 15) is 14.0 Å². The van der Waals surface area contributed by atoms with Gasteiger partial charge in [-0.3, -0.25) is 4.79 Å². The van der Waals surface area contributed by atoms with Gasteiger partial charge in [-0.25, -0.2) is 19.2 Å². The Morgan fingerprint density at radius 3 is 2.85 bits per heavy atom. The van der Waals surface area contributed by atoms with Crippen molar-refractivity contribution in [3.05, 3.63) is 64.5 Å². The summed E-state index contributed by atoms with van der Waals surface area (Å²) < 4.78 is 23.8. The molecule has 7 nitrogen and oxygen atoms in total. The van der Waals surface area contributed by atoms with Gasteiger partial charge >= 0.3 is 11.6 Å². The zero-order valence-corrected chi connectivity index (χ0v) is 14.3. The third-order valence-electron chi connectivity index (χ3n) is 4.41. The molecule has 0 bridgehead atoms. The molecule has 2 aromatic heterocycles. The first-order valence-electron chi connectivity index (χ1n) is 8.56. The zero-order chi connectivity index (χ0) is 18.8. The lowest BCUT2D eigenvalue weighted by Gasteiger charge is -2.32. The van der Waals surface area contributed by atoms with Gasteiger partial charge in [-0.05, 0) is 25.0 Å². The highest BCUT2D eigenvalue weighted by atomic mass is 19.1. The molecule has 3 aromatic rings. The monoisotopic (exact) mass is 369 g/mol. The number of likely N-dealkylation sites (tertiary alicyclic amines) is 1. The summed E-state index contributed by atoms with van der Waals surface area (Å²) in [6, 6.07) is 8.64. The number of benzene rings is 1. The number of para-hydroxylation sites is 1. The molecule has 138 valence electrons. The standard InChI is InChI=1S/C19H16FN3O4/c20-13-9-21-19(22-10-13)26-14-5-3-7-23(11-14)17(24)15-8-12-4-1-2-6-16(12)27-18(15)25/h1-2,4,6,8-10,14H,3,5,7,11H2. The fourth-order valence-electron chi connectivity index (χ4n) is 3.11. The van der Waals surface area contributed by atoms with Gasteiger partial charge in [0.05, 0.1) is 18.9 Å². The lowest BCUT2D eigenvalue weighted by molar-refractivity contribution is 0.0512. The van der Waals surface area contributed by atoms with Gasteiger partial charge < -0.3 is 14.1 Å². The van der Waals surface area contributed by atoms with Crippen LogP contribution in [0.2, 0.25) is 0 Å². The molecule has 8 heteroatoms. The normalized spacial score (nSPS) is 17.1. The second-order valence-corrected chi connectivity index (χ2v) is 6.30. The maximum atomic E-state index is 12.9. The Kier molecular flexibility index (Phi) is 4.53. The van der Waals surface area contributed by atoms with Crippen molar-refractivity contribution >= 4 is 16.9 Å². The van der Waals surface area contributed by atoms with Crippen LogP contribution in [0.4, 0.5) is 4.39 Å². The summed E-state index contributed by atoms with van der Waals surface area (Å²) in [5.74, 6) is -0.950. The molecule has 1 atom stereocenters. The molecule has 27 heavy (non-hydrogen) atoms. The lowest BCUT2D eigenvalue weighted by atomic mass is 10.1. The molecule has 1 aliphatic heterocycles. The maximum Gasteiger partial charge on any atom is 0.349 e. The second kappa shape index (κ2) is 7.14. The quantitative estimate of drug-likeness (QED) is 0.659. The fraction of sp³-hybridized carbons (Fsp3) is 0.263. The Labute approximate surface area is 153 Å². The molecule has 1 saturated heterocycles. The predicted molar refractivity (Wildman–Crippen MR) is 94.0 cm³/mol. The van der Waals surface area contributed by atoms with Crippen LogP contribution >= 0.6 is 0 Å². The number of aromatic nitrogens is 2. The highest BCUT2D eigenvalue weighted by Crippen LogP contribution is 2.19. The van der Waals surface area contributed by atoms with E-state index in [1.807, 2.05) is 6.07 Å². The predicted octanol–water partition coefficient (Wildman–Crippen LogP) is 2.41. The minimum absolute atomic E-state index is 0.00705. The van der Waals surface area contributed by atoms with Crippen molar-refractivity contribution in [1.29, 1.82) is 0 Å². The van der Waals surface area contributed by atoms with Crippen molar-refractivity contribution in [1.82, 2.24) is 14.9 Å². The van der Waals surface area contributed by atoms with E-state index >= 15 is 0 Å². The number of amides is 1. The lowest BCUT2D eigenvalue weighted by Crippen LogP contribution is -2.45. The number of nitrogens with zero attached hydrogens (tertiary/aromatic N) is 3. The van der Waals surface area contributed by atoms with Gasteiger partial charge in [0.25, 0.3) is 5.91 Å². The van der Waals surface area contributed by atoms with Crippen LogP contribution in [0.25, 0.3) is 11.0 Å². The van der Waals surface area contributed by atoms with Crippen molar-refractivity contribution in [3.63, 3.8) is 0 Å². The summed E-state index contributed by atoms with van der Waals surface area (Å²) >= 11 is 0. The van der Waals surface area contributed by atoms with Crippen molar-refractivity contribution in [2.75, 3.05) is 13.1 Å². The first-order valence-corrected chi connectivity index (χ1v) is 8.56. The number of ether oxygens (including phenoxy) is 1. The van der Waals surface area contributed by atoms with Crippen molar-refractivity contribution < 1.29 is 18.3 Å². The molecule has 0 spiro atoms. The summed E-state index contributed by atoms with van der Waals surface area (Å²) in [5, 5.41) is 0.685. The average molecular weight is 369 g/mol. The molecule has 1 aliphatic rings. The Morgan fingerprint density at radius 1 is 1.26 bits per heavy atom. The molecule has 0 aliphatic carbocycles. The van der Waals surface area contributed by atoms with E-state index in [4.69, 9.17) is 9.15 Å². The molecule has 0 saturated carbocycles. The highest BCUT2D eigenvalue weighted by molar-refractivity contribution is 5.96. The summed E-state index contributed by atoms with van der Waals surface area (Å²) in [7, 11) is 0. The number of fused-ring (bicyclic) bond motifs is 1. The molecule has 1 unspecified atom stereocenters. The average Bonchev–Trinajstić information content (AvgIpc) is 2.69. The van der Waals surface area contributed by atoms with Crippen LogP contribution in [0.1, 0.15) is 23.2 Å². The minimum atomic E-state index is -0.663. The molecular formula is C19H16FN3O4. The van der Waals surface area contributed by atoms with Crippen molar-refractivity contribution in [2.24, 2.45) is 0 Å². The molecular weight excluding hydrogens is 353 g/mol. The summed E-state index contributed by atoms with van der Waals surface area (Å²) in [6.07, 6.45) is 3.12. The van der Waals surface area contributed by atoms with Crippen LogP contribution in [-0.4, -0.2) is 40.0 Å². The van der Waals surface area contributed by atoms with Crippen LogP contribution in [0.15, 0.2) is 51.9 Å². The Hall–Kier alpha value is -3.29. The number of hydrogen-bond acceptors (Lipinski definition) is 6. The van der Waals surface area contributed by atoms with Crippen LogP contribution in [-0.2, 0) is 0 Å². The first-order chi connectivity index (χ1) is 13.1. The Bertz CT molecular complexity index is 1040. The number of carbonyl (C=O) groups is 1. The molecule has 1 aromatic carbocycles. The smallest absolute Gasteiger partial charge is 0.349 e. The summed E-state index contributed by atoms with van der Waals surface area (Å²) in [4.78, 5) is 34.2. The molecule has 0 radical (unpaired) electrons. The van der Waals surface area contributed by atoms with Gasteiger partial charge in [0.1, 0.15) is 17.3 Å². The van der Waals surface area contributed by atoms with Crippen molar-refractivity contribution in [2.45, 2.75) is 18.9 Å². The maximum absolute atomic E-state index is 12.9. The van der Waals surface area contributed by atoms with Gasteiger partial charge in [0.15, 0.2) is 5.82 Å². The first kappa shape index (κ1) is 17.1. The van der Waals surface area contributed by atoms with Crippen LogP contribution in [0.3, 0.4) is 0 Å². The van der Waals surface area contributed by atoms with E-state index < -0.39 is 17.3 Å². The van der Waals surface area contributed by atoms with E-state index in [1.165, 1.54) is 0 Å². The van der Waals surface area contributed by atoms with E-state index in [1.54, 1.807) is 29.2 Å². The van der Waals surface area contributed by atoms with E-state index in [0.717, 1.165) is 12.4 Å². The van der Waals surface area contributed by atoms with Crippen LogP contribution < -0.4 is 10.4 Å². The second-order valence-electron chi connectivity index (χ2n) is 6.30. The Morgan fingerprint density at radius 2 is 2.04 bits per heavy atom. The zero-order valence-electron chi connectivity index (χ0n) is 14.3. The topological polar surface area (TPSA) is 85.5 Å². The van der Waals surface area contributed by atoms with Crippen molar-refractivity contribution in [3.8, 4) is 6.01 Å². The van der Waals surface area contributed by atoms with Gasteiger partial charge in [0, 0.05) is 11.9 Å². The molecule has 1 fully saturated rings. The number of rotatable bonds is 3. The van der Waals surface area contributed by atoms with E-state index in [-0.39, 0.29) is 24.2 Å². The number of hydrogen-bond donors (Lipinski definition) is 0. The Balaban J connectivity index is 1.52. The molecule has 3 heterocycles. The van der Waals surface area contributed by atoms with Gasteiger partial charge in [-0.15, -0.1) is 0 Å². The summed E-state index contributed by atoms with van der Waals surface area (Å²) in [6.45, 7) is 0.793. The molecule has 4 rings (SSSR count). The fourth-order valence-corrected chi connectivity index (χ4v) is 3.11. The third kappa shape index (κ3) is 3.64. The highest BCUT2D eigenvalue weighted by Gasteiger charge is 2.28. The van der Waals surface area contributed by atoms with E-state index in [2.05, 4.69) is 9.97 Å². The van der Waals surface area contributed by atoms with Gasteiger partial charge in [-0.1, -0.05) is 18.2 Å². The number of carbonyl (C=O) groups excluding carboxylic acids is 1. The molecule has 0 N–H and O–H groups in total. The SMILES string of the molecule is O=C(c1cc2ccccc2oc1=O)N1CCCC(Oc2ncc(F)cn2)C1. The largest absolute Gasteiger partial charge is 0.458 e. The number of halogens is 1. The minimum Gasteiger partial charge on any atom is -0.458 e.